The molecule has 4 rings (SSSR count). The lowest BCUT2D eigenvalue weighted by molar-refractivity contribution is -0.131. The van der Waals surface area contributed by atoms with Gasteiger partial charge < -0.3 is 15.0 Å². The summed E-state index contributed by atoms with van der Waals surface area (Å²) in [7, 11) is 0. The van der Waals surface area contributed by atoms with Crippen LogP contribution in [0, 0.1) is 5.92 Å². The van der Waals surface area contributed by atoms with Crippen LogP contribution in [0.1, 0.15) is 56.7 Å². The zero-order valence-corrected chi connectivity index (χ0v) is 18.3. The van der Waals surface area contributed by atoms with E-state index in [1.807, 2.05) is 18.2 Å². The van der Waals surface area contributed by atoms with E-state index in [1.54, 1.807) is 0 Å². The number of hydrogen-bond donors (Lipinski definition) is 1. The fourth-order valence-electron chi connectivity index (χ4n) is 4.94. The van der Waals surface area contributed by atoms with E-state index in [9.17, 15) is 4.79 Å². The second-order valence-corrected chi connectivity index (χ2v) is 9.04. The number of rotatable bonds is 5. The van der Waals surface area contributed by atoms with Crippen LogP contribution in [0.2, 0.25) is 0 Å². The lowest BCUT2D eigenvalue weighted by Gasteiger charge is -2.37. The molecule has 2 fully saturated rings. The molecule has 4 nitrogen and oxygen atoms in total. The second kappa shape index (κ2) is 9.22. The molecule has 0 bridgehead atoms. The Kier molecular flexibility index (Phi) is 6.43. The van der Waals surface area contributed by atoms with Crippen molar-refractivity contribution in [2.24, 2.45) is 5.92 Å². The van der Waals surface area contributed by atoms with Gasteiger partial charge >= 0.3 is 0 Å². The van der Waals surface area contributed by atoms with Gasteiger partial charge in [0.25, 0.3) is 0 Å². The number of anilines is 1. The summed E-state index contributed by atoms with van der Waals surface area (Å²) in [5.74, 6) is 0.865. The van der Waals surface area contributed by atoms with Crippen LogP contribution in [-0.4, -0.2) is 32.2 Å². The minimum absolute atomic E-state index is 0.0322. The average molecular weight is 407 g/mol. The number of ether oxygens (including phenoxy) is 1. The Labute approximate surface area is 180 Å². The molecule has 0 unspecified atom stereocenters. The van der Waals surface area contributed by atoms with Crippen LogP contribution in [0.15, 0.2) is 54.6 Å². The van der Waals surface area contributed by atoms with Gasteiger partial charge in [0.15, 0.2) is 0 Å². The molecule has 2 aromatic carbocycles. The van der Waals surface area contributed by atoms with Crippen molar-refractivity contribution >= 4 is 11.6 Å². The molecule has 2 aliphatic heterocycles. The molecule has 2 saturated heterocycles. The summed E-state index contributed by atoms with van der Waals surface area (Å²) < 4.78 is 5.58. The van der Waals surface area contributed by atoms with Crippen molar-refractivity contribution in [3.8, 4) is 0 Å². The summed E-state index contributed by atoms with van der Waals surface area (Å²) in [5.41, 5.74) is 3.02. The van der Waals surface area contributed by atoms with Crippen molar-refractivity contribution in [1.82, 2.24) is 5.32 Å². The van der Waals surface area contributed by atoms with Gasteiger partial charge in [-0.15, -0.1) is 0 Å². The first kappa shape index (κ1) is 20.9. The van der Waals surface area contributed by atoms with Crippen LogP contribution in [-0.2, 0) is 14.9 Å². The minimum Gasteiger partial charge on any atom is -0.381 e. The van der Waals surface area contributed by atoms with Crippen molar-refractivity contribution in [2.75, 3.05) is 31.2 Å². The number of piperidine rings is 1. The first-order valence-corrected chi connectivity index (χ1v) is 11.4. The average Bonchev–Trinajstić information content (AvgIpc) is 2.80. The molecule has 2 aliphatic rings. The second-order valence-electron chi connectivity index (χ2n) is 9.04. The van der Waals surface area contributed by atoms with Gasteiger partial charge in [-0.05, 0) is 61.8 Å². The highest BCUT2D eigenvalue weighted by atomic mass is 16.5. The van der Waals surface area contributed by atoms with E-state index in [0.29, 0.717) is 13.2 Å². The lowest BCUT2D eigenvalue weighted by Crippen LogP contribution is -2.48. The fraction of sp³-hybridized carbons (Fsp3) is 0.500. The van der Waals surface area contributed by atoms with E-state index < -0.39 is 5.41 Å². The van der Waals surface area contributed by atoms with Gasteiger partial charge in [0.1, 0.15) is 0 Å². The highest BCUT2D eigenvalue weighted by Crippen LogP contribution is 2.36. The molecule has 160 valence electrons. The maximum absolute atomic E-state index is 13.5. The third-order valence-electron chi connectivity index (χ3n) is 6.87. The highest BCUT2D eigenvalue weighted by Gasteiger charge is 2.42. The van der Waals surface area contributed by atoms with Crippen LogP contribution in [0.4, 0.5) is 5.69 Å². The largest absolute Gasteiger partial charge is 0.381 e. The summed E-state index contributed by atoms with van der Waals surface area (Å²) in [6.07, 6.45) is 4.04. The SMILES string of the molecule is C[C@H]1CCCN(c2ccc([C@@H](C)NC(=O)C3(c4ccccc4)CCOCC3)cc2)C1. The third kappa shape index (κ3) is 4.39. The quantitative estimate of drug-likeness (QED) is 0.772. The van der Waals surface area contributed by atoms with Crippen LogP contribution >= 0.6 is 0 Å². The van der Waals surface area contributed by atoms with E-state index in [4.69, 9.17) is 4.74 Å². The number of benzene rings is 2. The smallest absolute Gasteiger partial charge is 0.231 e. The van der Waals surface area contributed by atoms with Crippen molar-refractivity contribution in [3.05, 3.63) is 65.7 Å². The lowest BCUT2D eigenvalue weighted by atomic mass is 9.73. The van der Waals surface area contributed by atoms with E-state index in [0.717, 1.165) is 43.0 Å². The van der Waals surface area contributed by atoms with E-state index in [1.165, 1.54) is 18.5 Å². The van der Waals surface area contributed by atoms with Crippen LogP contribution in [0.25, 0.3) is 0 Å². The Morgan fingerprint density at radius 2 is 1.80 bits per heavy atom. The monoisotopic (exact) mass is 406 g/mol. The fourth-order valence-corrected chi connectivity index (χ4v) is 4.94. The molecule has 1 amide bonds. The van der Waals surface area contributed by atoms with Gasteiger partial charge in [-0.1, -0.05) is 49.4 Å². The summed E-state index contributed by atoms with van der Waals surface area (Å²) >= 11 is 0. The number of carbonyl (C=O) groups is 1. The predicted molar refractivity (Wildman–Crippen MR) is 122 cm³/mol. The number of carbonyl (C=O) groups excluding carboxylic acids is 1. The molecule has 0 saturated carbocycles. The first-order valence-electron chi connectivity index (χ1n) is 11.4. The van der Waals surface area contributed by atoms with E-state index in [2.05, 4.69) is 60.5 Å². The number of hydrogen-bond acceptors (Lipinski definition) is 3. The van der Waals surface area contributed by atoms with Gasteiger partial charge in [-0.3, -0.25) is 4.79 Å². The summed E-state index contributed by atoms with van der Waals surface area (Å²) in [5, 5.41) is 3.30. The molecule has 2 atom stereocenters. The maximum Gasteiger partial charge on any atom is 0.231 e. The molecule has 0 spiro atoms. The zero-order valence-electron chi connectivity index (χ0n) is 18.3. The normalized spacial score (nSPS) is 22.3. The summed E-state index contributed by atoms with van der Waals surface area (Å²) in [4.78, 5) is 16.0. The van der Waals surface area contributed by atoms with Gasteiger partial charge in [0.2, 0.25) is 5.91 Å². The Balaban J connectivity index is 1.47. The molecule has 4 heteroatoms. The Morgan fingerprint density at radius 3 is 2.47 bits per heavy atom. The third-order valence-corrected chi connectivity index (χ3v) is 6.87. The van der Waals surface area contributed by atoms with Crippen molar-refractivity contribution < 1.29 is 9.53 Å². The highest BCUT2D eigenvalue weighted by molar-refractivity contribution is 5.88. The number of nitrogens with zero attached hydrogens (tertiary/aromatic N) is 1. The van der Waals surface area contributed by atoms with Crippen LogP contribution in [0.3, 0.4) is 0 Å². The van der Waals surface area contributed by atoms with Gasteiger partial charge in [0, 0.05) is 32.0 Å². The van der Waals surface area contributed by atoms with Crippen LogP contribution in [0.5, 0.6) is 0 Å². The summed E-state index contributed by atoms with van der Waals surface area (Å²) in [6.45, 7) is 7.93. The van der Waals surface area contributed by atoms with Gasteiger partial charge in [-0.25, -0.2) is 0 Å². The Hall–Kier alpha value is -2.33. The van der Waals surface area contributed by atoms with Crippen molar-refractivity contribution in [2.45, 2.75) is 51.0 Å². The van der Waals surface area contributed by atoms with Crippen LogP contribution < -0.4 is 10.2 Å². The Bertz CT molecular complexity index is 828. The maximum atomic E-state index is 13.5. The van der Waals surface area contributed by atoms with Gasteiger partial charge in [-0.2, -0.15) is 0 Å². The number of amides is 1. The van der Waals surface area contributed by atoms with E-state index >= 15 is 0 Å². The Morgan fingerprint density at radius 1 is 1.10 bits per heavy atom. The molecule has 30 heavy (non-hydrogen) atoms. The van der Waals surface area contributed by atoms with E-state index in [-0.39, 0.29) is 11.9 Å². The summed E-state index contributed by atoms with van der Waals surface area (Å²) in [6, 6.07) is 18.9. The minimum atomic E-state index is -0.502. The molecular weight excluding hydrogens is 372 g/mol. The zero-order chi connectivity index (χ0) is 21.0. The molecule has 1 N–H and O–H groups in total. The molecule has 0 aliphatic carbocycles. The molecular formula is C26H34N2O2. The molecule has 0 radical (unpaired) electrons. The topological polar surface area (TPSA) is 41.6 Å². The van der Waals surface area contributed by atoms with Gasteiger partial charge in [0.05, 0.1) is 11.5 Å². The standard InChI is InChI=1S/C26H34N2O2/c1-20-7-6-16-28(19-20)24-12-10-22(11-13-24)21(2)27-25(29)26(14-17-30-18-15-26)23-8-4-3-5-9-23/h3-5,8-13,20-21H,6-7,14-19H2,1-2H3,(H,27,29)/t20-,21+/m0/s1. The predicted octanol–water partition coefficient (Wildman–Crippen LogP) is 4.85. The number of nitrogens with one attached hydrogen (secondary N) is 1. The van der Waals surface area contributed by atoms with Crippen molar-refractivity contribution in [3.63, 3.8) is 0 Å². The molecule has 2 aromatic rings. The molecule has 0 aromatic heterocycles. The molecule has 2 heterocycles. The van der Waals surface area contributed by atoms with Crippen molar-refractivity contribution in [1.29, 1.82) is 0 Å². The first-order chi connectivity index (χ1) is 14.6.